The van der Waals surface area contributed by atoms with E-state index >= 15 is 0 Å². The number of nitro benzene ring substituents is 1. The van der Waals surface area contributed by atoms with Crippen LogP contribution in [0.2, 0.25) is 0 Å². The molecule has 0 N–H and O–H groups in total. The minimum atomic E-state index is -0.551. The Balaban J connectivity index is 2.29. The van der Waals surface area contributed by atoms with Gasteiger partial charge in [0.2, 0.25) is 0 Å². The predicted octanol–water partition coefficient (Wildman–Crippen LogP) is 2.73. The zero-order chi connectivity index (χ0) is 13.8. The van der Waals surface area contributed by atoms with Crippen LogP contribution in [0.25, 0.3) is 0 Å². The summed E-state index contributed by atoms with van der Waals surface area (Å²) in [6.07, 6.45) is 1.51. The van der Waals surface area contributed by atoms with Crippen LogP contribution in [0.3, 0.4) is 0 Å². The molecule has 0 aromatic heterocycles. The highest BCUT2D eigenvalue weighted by Crippen LogP contribution is 2.28. The van der Waals surface area contributed by atoms with Gasteiger partial charge >= 0.3 is 0 Å². The molecule has 0 bridgehead atoms. The molecule has 0 atom stereocenters. The lowest BCUT2D eigenvalue weighted by atomic mass is 10.2. The van der Waals surface area contributed by atoms with E-state index < -0.39 is 4.92 Å². The first-order chi connectivity index (χ1) is 9.06. The average molecular weight is 255 g/mol. The number of aliphatic imine (C=N–C) groups is 1. The number of benzene rings is 2. The second-order valence-electron chi connectivity index (χ2n) is 4.08. The number of non-ortho nitro benzene ring substituents is 1. The largest absolute Gasteiger partial charge is 0.871 e. The van der Waals surface area contributed by atoms with E-state index in [1.165, 1.54) is 18.3 Å². The van der Waals surface area contributed by atoms with Crippen molar-refractivity contribution in [2.24, 2.45) is 4.99 Å². The molecule has 0 spiro atoms. The van der Waals surface area contributed by atoms with Crippen molar-refractivity contribution >= 4 is 17.6 Å². The lowest BCUT2D eigenvalue weighted by molar-refractivity contribution is -0.385. The molecule has 5 nitrogen and oxygen atoms in total. The van der Waals surface area contributed by atoms with E-state index in [4.69, 9.17) is 0 Å². The maximum absolute atomic E-state index is 11.5. The van der Waals surface area contributed by atoms with Crippen LogP contribution in [0.15, 0.2) is 47.5 Å². The van der Waals surface area contributed by atoms with Crippen molar-refractivity contribution in [3.63, 3.8) is 0 Å². The predicted molar refractivity (Wildman–Crippen MR) is 71.0 cm³/mol. The van der Waals surface area contributed by atoms with Gasteiger partial charge in [-0.3, -0.25) is 15.1 Å². The van der Waals surface area contributed by atoms with Gasteiger partial charge in [-0.1, -0.05) is 41.6 Å². The van der Waals surface area contributed by atoms with E-state index in [2.05, 4.69) is 4.99 Å². The summed E-state index contributed by atoms with van der Waals surface area (Å²) in [4.78, 5) is 14.1. The van der Waals surface area contributed by atoms with E-state index in [1.807, 2.05) is 31.2 Å². The van der Waals surface area contributed by atoms with Gasteiger partial charge in [0.05, 0.1) is 10.6 Å². The van der Waals surface area contributed by atoms with Crippen molar-refractivity contribution < 1.29 is 10.0 Å². The van der Waals surface area contributed by atoms with Crippen molar-refractivity contribution in [2.75, 3.05) is 0 Å². The van der Waals surface area contributed by atoms with Gasteiger partial charge < -0.3 is 5.11 Å². The number of nitro groups is 1. The van der Waals surface area contributed by atoms with Gasteiger partial charge in [0, 0.05) is 18.3 Å². The van der Waals surface area contributed by atoms with Crippen molar-refractivity contribution in [1.82, 2.24) is 0 Å². The van der Waals surface area contributed by atoms with Gasteiger partial charge in [-0.05, 0) is 12.5 Å². The average Bonchev–Trinajstić information content (AvgIpc) is 2.39. The van der Waals surface area contributed by atoms with E-state index in [1.54, 1.807) is 0 Å². The summed E-state index contributed by atoms with van der Waals surface area (Å²) in [5.41, 5.74) is 1.87. The SMILES string of the molecule is Cc1ccc(C=Nc2cc([N+](=O)[O-])ccc2[O-])cc1. The zero-order valence-corrected chi connectivity index (χ0v) is 10.2. The minimum Gasteiger partial charge on any atom is -0.871 e. The summed E-state index contributed by atoms with van der Waals surface area (Å²) >= 11 is 0. The molecule has 2 aromatic carbocycles. The first-order valence-corrected chi connectivity index (χ1v) is 5.62. The fourth-order valence-electron chi connectivity index (χ4n) is 1.52. The molecule has 0 heterocycles. The third kappa shape index (κ3) is 3.16. The Morgan fingerprint density at radius 3 is 2.47 bits per heavy atom. The molecule has 0 saturated heterocycles. The van der Waals surface area contributed by atoms with Crippen LogP contribution in [0.4, 0.5) is 11.4 Å². The van der Waals surface area contributed by atoms with E-state index in [-0.39, 0.29) is 17.1 Å². The van der Waals surface area contributed by atoms with E-state index in [9.17, 15) is 15.2 Å². The van der Waals surface area contributed by atoms with Crippen LogP contribution >= 0.6 is 0 Å². The number of rotatable bonds is 3. The topological polar surface area (TPSA) is 78.6 Å². The summed E-state index contributed by atoms with van der Waals surface area (Å²) in [6, 6.07) is 11.1. The molecule has 0 aliphatic carbocycles. The molecule has 0 unspecified atom stereocenters. The monoisotopic (exact) mass is 255 g/mol. The molecule has 0 aliphatic rings. The van der Waals surface area contributed by atoms with Crippen molar-refractivity contribution in [3.05, 3.63) is 63.7 Å². The third-order valence-corrected chi connectivity index (χ3v) is 2.58. The minimum absolute atomic E-state index is 0.0646. The van der Waals surface area contributed by atoms with Gasteiger partial charge in [0.1, 0.15) is 0 Å². The summed E-state index contributed by atoms with van der Waals surface area (Å²) in [6.45, 7) is 1.97. The highest BCUT2D eigenvalue weighted by Gasteiger charge is 2.05. The second-order valence-corrected chi connectivity index (χ2v) is 4.08. The molecule has 0 amide bonds. The quantitative estimate of drug-likeness (QED) is 0.480. The lowest BCUT2D eigenvalue weighted by Gasteiger charge is -2.08. The molecule has 5 heteroatoms. The van der Waals surface area contributed by atoms with Crippen LogP contribution < -0.4 is 5.11 Å². The van der Waals surface area contributed by atoms with Crippen molar-refractivity contribution in [2.45, 2.75) is 6.92 Å². The zero-order valence-electron chi connectivity index (χ0n) is 10.2. The van der Waals surface area contributed by atoms with Crippen LogP contribution in [0, 0.1) is 17.0 Å². The smallest absolute Gasteiger partial charge is 0.271 e. The Kier molecular flexibility index (Phi) is 3.56. The Morgan fingerprint density at radius 2 is 1.84 bits per heavy atom. The Morgan fingerprint density at radius 1 is 1.16 bits per heavy atom. The molecule has 2 aromatic rings. The fourth-order valence-corrected chi connectivity index (χ4v) is 1.52. The molecule has 0 fully saturated rings. The van der Waals surface area contributed by atoms with Crippen LogP contribution in [0.5, 0.6) is 5.75 Å². The van der Waals surface area contributed by atoms with Gasteiger partial charge in [-0.15, -0.1) is 0 Å². The maximum Gasteiger partial charge on any atom is 0.271 e. The number of hydrogen-bond donors (Lipinski definition) is 0. The molecular weight excluding hydrogens is 244 g/mol. The van der Waals surface area contributed by atoms with Crippen LogP contribution in [0.1, 0.15) is 11.1 Å². The molecular formula is C14H11N2O3-. The van der Waals surface area contributed by atoms with Gasteiger partial charge in [0.15, 0.2) is 0 Å². The number of nitrogens with zero attached hydrogens (tertiary/aromatic N) is 2. The molecule has 0 radical (unpaired) electrons. The first kappa shape index (κ1) is 12.8. The van der Waals surface area contributed by atoms with Crippen LogP contribution in [-0.4, -0.2) is 11.1 Å². The van der Waals surface area contributed by atoms with Gasteiger partial charge in [-0.25, -0.2) is 0 Å². The van der Waals surface area contributed by atoms with Crippen molar-refractivity contribution in [3.8, 4) is 5.75 Å². The Labute approximate surface area is 110 Å². The lowest BCUT2D eigenvalue weighted by Crippen LogP contribution is -1.93. The maximum atomic E-state index is 11.5. The summed E-state index contributed by atoms with van der Waals surface area (Å²) in [5.74, 6) is -0.339. The Hall–Kier alpha value is -2.69. The van der Waals surface area contributed by atoms with E-state index in [0.717, 1.165) is 17.2 Å². The van der Waals surface area contributed by atoms with Crippen molar-refractivity contribution in [1.29, 1.82) is 0 Å². The summed E-state index contributed by atoms with van der Waals surface area (Å²) in [7, 11) is 0. The van der Waals surface area contributed by atoms with Crippen LogP contribution in [-0.2, 0) is 0 Å². The summed E-state index contributed by atoms with van der Waals surface area (Å²) in [5, 5.41) is 22.2. The normalized spacial score (nSPS) is 10.8. The molecule has 19 heavy (non-hydrogen) atoms. The van der Waals surface area contributed by atoms with Gasteiger partial charge in [-0.2, -0.15) is 0 Å². The molecule has 0 saturated carbocycles. The first-order valence-electron chi connectivity index (χ1n) is 5.62. The Bertz CT molecular complexity index is 634. The number of hydrogen-bond acceptors (Lipinski definition) is 4. The standard InChI is InChI=1S/C14H12N2O3/c1-10-2-4-11(5-3-10)9-15-13-8-12(16(18)19)6-7-14(13)17/h2-9,17H,1H3/p-1. The third-order valence-electron chi connectivity index (χ3n) is 2.58. The molecule has 2 rings (SSSR count). The summed E-state index contributed by atoms with van der Waals surface area (Å²) < 4.78 is 0. The number of aryl methyl sites for hydroxylation is 1. The van der Waals surface area contributed by atoms with E-state index in [0.29, 0.717) is 0 Å². The highest BCUT2D eigenvalue weighted by atomic mass is 16.6. The molecule has 0 aliphatic heterocycles. The van der Waals surface area contributed by atoms with Gasteiger partial charge in [0.25, 0.3) is 5.69 Å². The second kappa shape index (κ2) is 5.30. The highest BCUT2D eigenvalue weighted by molar-refractivity contribution is 5.82. The fraction of sp³-hybridized carbons (Fsp3) is 0.0714. The molecule has 96 valence electrons.